The molecule has 1 aliphatic rings. The van der Waals surface area contributed by atoms with Crippen molar-refractivity contribution >= 4 is 29.2 Å². The Balaban J connectivity index is 1.51. The summed E-state index contributed by atoms with van der Waals surface area (Å²) < 4.78 is 42.0. The van der Waals surface area contributed by atoms with Crippen LogP contribution in [0.5, 0.6) is 0 Å². The molecular formula is C18H23F3N4O2S2. The third-order valence-electron chi connectivity index (χ3n) is 4.79. The number of hydrogen-bond donors (Lipinski definition) is 1. The summed E-state index contributed by atoms with van der Waals surface area (Å²) in [6.07, 6.45) is -0.934. The van der Waals surface area contributed by atoms with Gasteiger partial charge in [0.15, 0.2) is 17.6 Å². The standard InChI is InChI=1S/C18H23F3N4O2S2/c1-3-11-4-5-13-12(8-11)9-14(29-13)15-23-24-16(25(15)2)28-7-6-22-17(26)27-10-18(19,20)21/h9,11H,3-8,10H2,1-2H3,(H,22,26). The molecule has 1 unspecified atom stereocenters. The molecule has 0 saturated carbocycles. The number of thiophene rings is 1. The largest absolute Gasteiger partial charge is 0.440 e. The highest BCUT2D eigenvalue weighted by atomic mass is 32.2. The Hall–Kier alpha value is -1.75. The minimum Gasteiger partial charge on any atom is -0.440 e. The SMILES string of the molecule is CCC1CCc2sc(-c3nnc(SCCNC(=O)OCC(F)(F)F)n3C)cc2C1. The fourth-order valence-corrected chi connectivity index (χ4v) is 5.20. The van der Waals surface area contributed by atoms with E-state index in [1.54, 1.807) is 11.3 Å². The molecule has 2 aromatic heterocycles. The van der Waals surface area contributed by atoms with Crippen LogP contribution in [-0.4, -0.2) is 45.9 Å². The monoisotopic (exact) mass is 448 g/mol. The molecule has 11 heteroatoms. The molecule has 0 aliphatic heterocycles. The number of rotatable bonds is 7. The maximum atomic E-state index is 12.0. The van der Waals surface area contributed by atoms with Gasteiger partial charge in [0.25, 0.3) is 0 Å². The van der Waals surface area contributed by atoms with Crippen LogP contribution in [0.15, 0.2) is 11.2 Å². The highest BCUT2D eigenvalue weighted by Crippen LogP contribution is 2.37. The molecule has 1 amide bonds. The van der Waals surface area contributed by atoms with Gasteiger partial charge in [-0.1, -0.05) is 25.1 Å². The fraction of sp³-hybridized carbons (Fsp3) is 0.611. The van der Waals surface area contributed by atoms with Gasteiger partial charge in [-0.05, 0) is 36.8 Å². The quantitative estimate of drug-likeness (QED) is 0.501. The summed E-state index contributed by atoms with van der Waals surface area (Å²) in [4.78, 5) is 13.8. The number of halogens is 3. The summed E-state index contributed by atoms with van der Waals surface area (Å²) in [6.45, 7) is 0.803. The first-order chi connectivity index (χ1) is 13.8. The lowest BCUT2D eigenvalue weighted by molar-refractivity contribution is -0.160. The van der Waals surface area contributed by atoms with Crippen molar-refractivity contribution in [2.45, 2.75) is 43.9 Å². The van der Waals surface area contributed by atoms with Crippen LogP contribution in [0.1, 0.15) is 30.2 Å². The van der Waals surface area contributed by atoms with E-state index in [4.69, 9.17) is 0 Å². The van der Waals surface area contributed by atoms with E-state index >= 15 is 0 Å². The first-order valence-corrected chi connectivity index (χ1v) is 11.2. The van der Waals surface area contributed by atoms with Gasteiger partial charge in [0.05, 0.1) is 4.88 Å². The second-order valence-electron chi connectivity index (χ2n) is 6.91. The van der Waals surface area contributed by atoms with Gasteiger partial charge in [0.2, 0.25) is 0 Å². The molecule has 29 heavy (non-hydrogen) atoms. The Morgan fingerprint density at radius 3 is 2.97 bits per heavy atom. The lowest BCUT2D eigenvalue weighted by Crippen LogP contribution is -2.30. The predicted molar refractivity (Wildman–Crippen MR) is 106 cm³/mol. The van der Waals surface area contributed by atoms with Crippen molar-refractivity contribution in [1.29, 1.82) is 0 Å². The van der Waals surface area contributed by atoms with Crippen molar-refractivity contribution < 1.29 is 22.7 Å². The number of thioether (sulfide) groups is 1. The summed E-state index contributed by atoms with van der Waals surface area (Å²) in [5, 5.41) is 11.5. The highest BCUT2D eigenvalue weighted by molar-refractivity contribution is 7.99. The average Bonchev–Trinajstić information content (AvgIpc) is 3.25. The molecule has 0 saturated heterocycles. The van der Waals surface area contributed by atoms with E-state index in [2.05, 4.69) is 33.2 Å². The lowest BCUT2D eigenvalue weighted by Gasteiger charge is -2.19. The zero-order valence-electron chi connectivity index (χ0n) is 16.2. The molecule has 0 bridgehead atoms. The summed E-state index contributed by atoms with van der Waals surface area (Å²) in [7, 11) is 1.89. The van der Waals surface area contributed by atoms with Gasteiger partial charge in [-0.25, -0.2) is 4.79 Å². The first kappa shape index (κ1) is 21.9. The number of ether oxygens (including phenoxy) is 1. The van der Waals surface area contributed by atoms with E-state index in [-0.39, 0.29) is 6.54 Å². The van der Waals surface area contributed by atoms with Crippen LogP contribution in [0.3, 0.4) is 0 Å². The minimum absolute atomic E-state index is 0.162. The summed E-state index contributed by atoms with van der Waals surface area (Å²) in [5.74, 6) is 2.00. The van der Waals surface area contributed by atoms with E-state index in [1.165, 1.54) is 35.0 Å². The van der Waals surface area contributed by atoms with Crippen molar-refractivity contribution in [2.75, 3.05) is 18.9 Å². The van der Waals surface area contributed by atoms with Crippen LogP contribution >= 0.6 is 23.1 Å². The molecule has 3 rings (SSSR count). The van der Waals surface area contributed by atoms with Gasteiger partial charge < -0.3 is 14.6 Å². The molecule has 0 spiro atoms. The molecule has 2 heterocycles. The maximum Gasteiger partial charge on any atom is 0.422 e. The van der Waals surface area contributed by atoms with Crippen molar-refractivity contribution in [2.24, 2.45) is 13.0 Å². The van der Waals surface area contributed by atoms with Crippen molar-refractivity contribution in [3.8, 4) is 10.7 Å². The van der Waals surface area contributed by atoms with Crippen molar-refractivity contribution in [3.05, 3.63) is 16.5 Å². The summed E-state index contributed by atoms with van der Waals surface area (Å²) >= 11 is 3.14. The van der Waals surface area contributed by atoms with Crippen LogP contribution < -0.4 is 5.32 Å². The molecule has 0 aromatic carbocycles. The molecule has 1 aliphatic carbocycles. The highest BCUT2D eigenvalue weighted by Gasteiger charge is 2.29. The van der Waals surface area contributed by atoms with Gasteiger partial charge in [-0.2, -0.15) is 13.2 Å². The van der Waals surface area contributed by atoms with E-state index in [0.29, 0.717) is 10.9 Å². The van der Waals surface area contributed by atoms with Gasteiger partial charge in [0.1, 0.15) is 0 Å². The van der Waals surface area contributed by atoms with E-state index in [9.17, 15) is 18.0 Å². The second-order valence-corrected chi connectivity index (χ2v) is 9.11. The van der Waals surface area contributed by atoms with Crippen LogP contribution in [0.2, 0.25) is 0 Å². The topological polar surface area (TPSA) is 69.0 Å². The molecule has 0 radical (unpaired) electrons. The Morgan fingerprint density at radius 2 is 2.24 bits per heavy atom. The van der Waals surface area contributed by atoms with Gasteiger partial charge >= 0.3 is 12.3 Å². The second kappa shape index (κ2) is 9.38. The van der Waals surface area contributed by atoms with Gasteiger partial charge in [-0.3, -0.25) is 0 Å². The van der Waals surface area contributed by atoms with Gasteiger partial charge in [0, 0.05) is 24.2 Å². The predicted octanol–water partition coefficient (Wildman–Crippen LogP) is 4.44. The third kappa shape index (κ3) is 5.88. The number of amides is 1. The molecule has 6 nitrogen and oxygen atoms in total. The number of carbonyl (C=O) groups excluding carboxylic acids is 1. The molecular weight excluding hydrogens is 425 g/mol. The normalized spacial score (nSPS) is 16.5. The smallest absolute Gasteiger partial charge is 0.422 e. The Kier molecular flexibility index (Phi) is 7.10. The zero-order valence-corrected chi connectivity index (χ0v) is 17.8. The van der Waals surface area contributed by atoms with E-state index in [0.717, 1.165) is 29.5 Å². The molecule has 1 N–H and O–H groups in total. The molecule has 1 atom stereocenters. The Labute approximate surface area is 175 Å². The lowest BCUT2D eigenvalue weighted by atomic mass is 9.87. The maximum absolute atomic E-state index is 12.0. The number of carbonyl (C=O) groups is 1. The number of nitrogens with zero attached hydrogens (tertiary/aromatic N) is 3. The fourth-order valence-electron chi connectivity index (χ4n) is 3.21. The third-order valence-corrected chi connectivity index (χ3v) is 7.04. The minimum atomic E-state index is -4.53. The number of hydrogen-bond acceptors (Lipinski definition) is 6. The molecule has 0 fully saturated rings. The van der Waals surface area contributed by atoms with Crippen molar-refractivity contribution in [3.63, 3.8) is 0 Å². The van der Waals surface area contributed by atoms with E-state index in [1.807, 2.05) is 11.6 Å². The first-order valence-electron chi connectivity index (χ1n) is 9.38. The Morgan fingerprint density at radius 1 is 1.45 bits per heavy atom. The van der Waals surface area contributed by atoms with Crippen molar-refractivity contribution in [1.82, 2.24) is 20.1 Å². The number of fused-ring (bicyclic) bond motifs is 1. The molecule has 160 valence electrons. The van der Waals surface area contributed by atoms with Gasteiger partial charge in [-0.15, -0.1) is 21.5 Å². The number of aromatic nitrogens is 3. The van der Waals surface area contributed by atoms with Crippen LogP contribution in [0, 0.1) is 5.92 Å². The number of nitrogens with one attached hydrogen (secondary N) is 1. The summed E-state index contributed by atoms with van der Waals surface area (Å²) in [6, 6.07) is 2.22. The van der Waals surface area contributed by atoms with Crippen LogP contribution in [-0.2, 0) is 24.6 Å². The van der Waals surface area contributed by atoms with Crippen LogP contribution in [0.4, 0.5) is 18.0 Å². The average molecular weight is 449 g/mol. The summed E-state index contributed by atoms with van der Waals surface area (Å²) in [5.41, 5.74) is 1.42. The molecule has 2 aromatic rings. The number of alkyl halides is 3. The zero-order chi connectivity index (χ0) is 21.0. The number of aryl methyl sites for hydroxylation is 1. The Bertz CT molecular complexity index is 851. The number of alkyl carbamates (subject to hydrolysis) is 1. The van der Waals surface area contributed by atoms with E-state index < -0.39 is 18.9 Å². The van der Waals surface area contributed by atoms with Crippen LogP contribution in [0.25, 0.3) is 10.7 Å².